The van der Waals surface area contributed by atoms with Crippen molar-refractivity contribution >= 4 is 21.6 Å². The molecule has 2 heterocycles. The number of aryl methyl sites for hydroxylation is 2. The molecule has 3 aromatic rings. The van der Waals surface area contributed by atoms with Crippen molar-refractivity contribution in [3.8, 4) is 5.75 Å². The van der Waals surface area contributed by atoms with Crippen molar-refractivity contribution in [3.05, 3.63) is 57.0 Å². The topological polar surface area (TPSA) is 55.0 Å². The van der Waals surface area contributed by atoms with Crippen LogP contribution < -0.4 is 10.3 Å². The van der Waals surface area contributed by atoms with Crippen LogP contribution in [0.2, 0.25) is 0 Å². The van der Waals surface area contributed by atoms with Gasteiger partial charge in [-0.05, 0) is 43.4 Å². The highest BCUT2D eigenvalue weighted by Gasteiger charge is 2.19. The number of nitrogens with zero attached hydrogens (tertiary/aromatic N) is 1. The number of ether oxygens (including phenoxy) is 1. The molecule has 0 aliphatic heterocycles. The Kier molecular flexibility index (Phi) is 3.87. The zero-order valence-corrected chi connectivity index (χ0v) is 13.6. The van der Waals surface area contributed by atoms with Crippen LogP contribution in [0.4, 0.5) is 0 Å². The quantitative estimate of drug-likeness (QED) is 0.798. The third kappa shape index (κ3) is 2.88. The Morgan fingerprint density at radius 1 is 1.17 bits per heavy atom. The first kappa shape index (κ1) is 14.5. The summed E-state index contributed by atoms with van der Waals surface area (Å²) in [5.74, 6) is 1.54. The summed E-state index contributed by atoms with van der Waals surface area (Å²) in [4.78, 5) is 22.3. The van der Waals surface area contributed by atoms with Crippen molar-refractivity contribution in [2.75, 3.05) is 6.61 Å². The van der Waals surface area contributed by atoms with Crippen LogP contribution >= 0.6 is 11.3 Å². The molecule has 2 aromatic heterocycles. The van der Waals surface area contributed by atoms with Gasteiger partial charge in [0, 0.05) is 11.3 Å². The molecule has 1 aliphatic carbocycles. The number of fused-ring (bicyclic) bond motifs is 3. The van der Waals surface area contributed by atoms with E-state index in [9.17, 15) is 4.79 Å². The van der Waals surface area contributed by atoms with Crippen molar-refractivity contribution in [1.29, 1.82) is 0 Å². The summed E-state index contributed by atoms with van der Waals surface area (Å²) in [6.07, 6.45) is 5.09. The second kappa shape index (κ2) is 6.16. The van der Waals surface area contributed by atoms with Crippen LogP contribution in [-0.2, 0) is 19.3 Å². The van der Waals surface area contributed by atoms with Gasteiger partial charge in [-0.25, -0.2) is 4.98 Å². The highest BCUT2D eigenvalue weighted by atomic mass is 32.1. The molecule has 0 spiro atoms. The van der Waals surface area contributed by atoms with Gasteiger partial charge in [0.1, 0.15) is 16.4 Å². The van der Waals surface area contributed by atoms with E-state index in [0.717, 1.165) is 28.8 Å². The van der Waals surface area contributed by atoms with Crippen LogP contribution in [0.25, 0.3) is 10.2 Å². The van der Waals surface area contributed by atoms with Gasteiger partial charge in [0.05, 0.1) is 12.0 Å². The minimum Gasteiger partial charge on any atom is -0.493 e. The standard InChI is InChI=1S/C18H18N2O2S/c21-17-16-13-8-4-5-9-14(13)23-18(16)20-15(19-17)10-11-22-12-6-2-1-3-7-12/h1-3,6-7H,4-5,8-11H2,(H,19,20,21). The van der Waals surface area contributed by atoms with E-state index in [1.165, 1.54) is 23.3 Å². The van der Waals surface area contributed by atoms with Crippen LogP contribution in [0.5, 0.6) is 5.75 Å². The van der Waals surface area contributed by atoms with Crippen LogP contribution in [0.15, 0.2) is 35.1 Å². The number of thiophene rings is 1. The molecule has 1 aromatic carbocycles. The van der Waals surface area contributed by atoms with Gasteiger partial charge in [0.25, 0.3) is 5.56 Å². The van der Waals surface area contributed by atoms with Crippen LogP contribution in [0, 0.1) is 0 Å². The maximum absolute atomic E-state index is 12.4. The molecule has 1 N–H and O–H groups in total. The molecular formula is C18H18N2O2S. The summed E-state index contributed by atoms with van der Waals surface area (Å²) >= 11 is 1.69. The zero-order chi connectivity index (χ0) is 15.6. The second-order valence-corrected chi connectivity index (χ2v) is 6.90. The fourth-order valence-corrected chi connectivity index (χ4v) is 4.39. The summed E-state index contributed by atoms with van der Waals surface area (Å²) < 4.78 is 5.68. The molecule has 5 heteroatoms. The molecule has 0 saturated heterocycles. The number of hydrogen-bond donors (Lipinski definition) is 1. The molecule has 0 bridgehead atoms. The van der Waals surface area contributed by atoms with Crippen LogP contribution in [-0.4, -0.2) is 16.6 Å². The number of rotatable bonds is 4. The fraction of sp³-hybridized carbons (Fsp3) is 0.333. The van der Waals surface area contributed by atoms with Crippen molar-refractivity contribution in [2.24, 2.45) is 0 Å². The first-order valence-electron chi connectivity index (χ1n) is 8.02. The van der Waals surface area contributed by atoms with Crippen LogP contribution in [0.3, 0.4) is 0 Å². The van der Waals surface area contributed by atoms with Gasteiger partial charge in [0.2, 0.25) is 0 Å². The Bertz CT molecular complexity index is 883. The monoisotopic (exact) mass is 326 g/mol. The zero-order valence-electron chi connectivity index (χ0n) is 12.8. The summed E-state index contributed by atoms with van der Waals surface area (Å²) in [7, 11) is 0. The molecule has 0 radical (unpaired) electrons. The molecule has 118 valence electrons. The number of nitrogens with one attached hydrogen (secondary N) is 1. The number of benzene rings is 1. The largest absolute Gasteiger partial charge is 0.493 e. The van der Waals surface area contributed by atoms with E-state index in [1.54, 1.807) is 11.3 Å². The van der Waals surface area contributed by atoms with Gasteiger partial charge in [-0.2, -0.15) is 0 Å². The molecule has 1 aliphatic rings. The maximum atomic E-state index is 12.4. The van der Waals surface area contributed by atoms with Crippen molar-refractivity contribution in [2.45, 2.75) is 32.1 Å². The summed E-state index contributed by atoms with van der Waals surface area (Å²) in [6, 6.07) is 9.69. The number of H-pyrrole nitrogens is 1. The molecule has 0 unspecified atom stereocenters. The average molecular weight is 326 g/mol. The number of hydrogen-bond acceptors (Lipinski definition) is 4. The smallest absolute Gasteiger partial charge is 0.259 e. The molecule has 4 rings (SSSR count). The van der Waals surface area contributed by atoms with Gasteiger partial charge >= 0.3 is 0 Å². The van der Waals surface area contributed by atoms with Crippen LogP contribution in [0.1, 0.15) is 29.1 Å². The molecule has 0 saturated carbocycles. The summed E-state index contributed by atoms with van der Waals surface area (Å²) in [5.41, 5.74) is 1.24. The summed E-state index contributed by atoms with van der Waals surface area (Å²) in [5, 5.41) is 0.817. The number of para-hydroxylation sites is 1. The lowest BCUT2D eigenvalue weighted by Crippen LogP contribution is -2.15. The predicted octanol–water partition coefficient (Wildman–Crippen LogP) is 3.48. The Hall–Kier alpha value is -2.14. The minimum absolute atomic E-state index is 0.00381. The third-order valence-electron chi connectivity index (χ3n) is 4.22. The van der Waals surface area contributed by atoms with Crippen molar-refractivity contribution in [1.82, 2.24) is 9.97 Å². The number of aromatic nitrogens is 2. The molecule has 0 atom stereocenters. The normalized spacial score (nSPS) is 13.9. The van der Waals surface area contributed by atoms with E-state index < -0.39 is 0 Å². The maximum Gasteiger partial charge on any atom is 0.259 e. The van der Waals surface area contributed by atoms with E-state index in [-0.39, 0.29) is 5.56 Å². The van der Waals surface area contributed by atoms with E-state index in [0.29, 0.717) is 18.9 Å². The van der Waals surface area contributed by atoms with E-state index in [2.05, 4.69) is 9.97 Å². The molecule has 23 heavy (non-hydrogen) atoms. The lowest BCUT2D eigenvalue weighted by atomic mass is 9.97. The Balaban J connectivity index is 1.55. The highest BCUT2D eigenvalue weighted by Crippen LogP contribution is 2.33. The molecule has 0 amide bonds. The molecular weight excluding hydrogens is 308 g/mol. The van der Waals surface area contributed by atoms with Crippen molar-refractivity contribution in [3.63, 3.8) is 0 Å². The first-order valence-corrected chi connectivity index (χ1v) is 8.84. The SMILES string of the molecule is O=c1[nH]c(CCOc2ccccc2)nc2sc3c(c12)CCCC3. The van der Waals surface area contributed by atoms with Gasteiger partial charge < -0.3 is 9.72 Å². The summed E-state index contributed by atoms with van der Waals surface area (Å²) in [6.45, 7) is 0.504. The van der Waals surface area contributed by atoms with E-state index in [1.807, 2.05) is 30.3 Å². The first-order chi connectivity index (χ1) is 11.3. The minimum atomic E-state index is 0.00381. The van der Waals surface area contributed by atoms with E-state index in [4.69, 9.17) is 4.74 Å². The highest BCUT2D eigenvalue weighted by molar-refractivity contribution is 7.18. The third-order valence-corrected chi connectivity index (χ3v) is 5.41. The Morgan fingerprint density at radius 3 is 2.87 bits per heavy atom. The Labute approximate surface area is 138 Å². The number of aromatic amines is 1. The van der Waals surface area contributed by atoms with Gasteiger partial charge in [0.15, 0.2) is 0 Å². The van der Waals surface area contributed by atoms with Gasteiger partial charge in [-0.15, -0.1) is 11.3 Å². The fourth-order valence-electron chi connectivity index (χ4n) is 3.11. The Morgan fingerprint density at radius 2 is 2.00 bits per heavy atom. The predicted molar refractivity (Wildman–Crippen MR) is 92.5 cm³/mol. The van der Waals surface area contributed by atoms with Crippen molar-refractivity contribution < 1.29 is 4.74 Å². The van der Waals surface area contributed by atoms with Gasteiger partial charge in [-0.3, -0.25) is 4.79 Å². The lowest BCUT2D eigenvalue weighted by Gasteiger charge is -2.09. The lowest BCUT2D eigenvalue weighted by molar-refractivity contribution is 0.319. The second-order valence-electron chi connectivity index (χ2n) is 5.82. The average Bonchev–Trinajstić information content (AvgIpc) is 2.94. The van der Waals surface area contributed by atoms with Gasteiger partial charge in [-0.1, -0.05) is 18.2 Å². The molecule has 4 nitrogen and oxygen atoms in total. The molecule has 0 fully saturated rings. The van der Waals surface area contributed by atoms with E-state index >= 15 is 0 Å².